The van der Waals surface area contributed by atoms with Gasteiger partial charge in [0.15, 0.2) is 11.5 Å². The van der Waals surface area contributed by atoms with Crippen molar-refractivity contribution >= 4 is 23.6 Å². The van der Waals surface area contributed by atoms with Crippen LogP contribution >= 0.6 is 0 Å². The Morgan fingerprint density at radius 2 is 1.81 bits per heavy atom. The van der Waals surface area contributed by atoms with Gasteiger partial charge in [-0.1, -0.05) is 18.2 Å². The second-order valence-corrected chi connectivity index (χ2v) is 6.60. The molecule has 31 heavy (non-hydrogen) atoms. The van der Waals surface area contributed by atoms with Crippen LogP contribution in [0, 0.1) is 0 Å². The molecule has 0 saturated carbocycles. The number of para-hydroxylation sites is 1. The number of hydrogen-bond donors (Lipinski definition) is 1. The van der Waals surface area contributed by atoms with Crippen molar-refractivity contribution in [1.29, 1.82) is 0 Å². The fraction of sp³-hybridized carbons (Fsp3) is 0.182. The van der Waals surface area contributed by atoms with E-state index in [9.17, 15) is 27.9 Å². The Hall–Kier alpha value is -3.75. The van der Waals surface area contributed by atoms with Gasteiger partial charge in [0.2, 0.25) is 0 Å². The van der Waals surface area contributed by atoms with Crippen LogP contribution in [0.25, 0.3) is 6.08 Å². The van der Waals surface area contributed by atoms with E-state index in [1.54, 1.807) is 6.07 Å². The number of aromatic hydroxyl groups is 1. The molecule has 0 radical (unpaired) electrons. The van der Waals surface area contributed by atoms with Gasteiger partial charge in [-0.15, -0.1) is 0 Å². The predicted molar refractivity (Wildman–Crippen MR) is 106 cm³/mol. The lowest BCUT2D eigenvalue weighted by Gasteiger charge is -2.19. The van der Waals surface area contributed by atoms with E-state index in [2.05, 4.69) is 0 Å². The molecule has 0 aromatic heterocycles. The first-order chi connectivity index (χ1) is 14.6. The van der Waals surface area contributed by atoms with Gasteiger partial charge in [-0.25, -0.2) is 4.79 Å². The number of benzene rings is 2. The summed E-state index contributed by atoms with van der Waals surface area (Å²) in [7, 11) is 2.48. The number of phenolic OH excluding ortho intramolecular Hbond substituents is 1. The van der Waals surface area contributed by atoms with Gasteiger partial charge in [-0.3, -0.25) is 9.69 Å². The number of rotatable bonds is 4. The zero-order chi connectivity index (χ0) is 22.9. The van der Waals surface area contributed by atoms with Crippen LogP contribution in [0.2, 0.25) is 0 Å². The standard InChI is InChI=1S/C22H18F3NO5/c1-12-18(21(29)31-3)16(10-13-6-4-9-17(30-2)19(13)27)20(28)26(12)15-8-5-7-14(11-15)22(23,24)25/h4-11,27H,1-3H3/b16-10-. The minimum Gasteiger partial charge on any atom is -0.504 e. The number of carbonyl (C=O) groups is 2. The molecule has 0 spiro atoms. The number of hydrogen-bond acceptors (Lipinski definition) is 5. The molecule has 0 fully saturated rings. The zero-order valence-electron chi connectivity index (χ0n) is 16.8. The molecule has 0 unspecified atom stereocenters. The van der Waals surface area contributed by atoms with E-state index in [1.807, 2.05) is 0 Å². The second kappa shape index (κ2) is 8.17. The predicted octanol–water partition coefficient (Wildman–Crippen LogP) is 4.30. The molecule has 1 heterocycles. The number of esters is 1. The first kappa shape index (κ1) is 21.9. The number of nitrogens with zero attached hydrogens (tertiary/aromatic N) is 1. The summed E-state index contributed by atoms with van der Waals surface area (Å²) >= 11 is 0. The Morgan fingerprint density at radius 1 is 1.13 bits per heavy atom. The number of methoxy groups -OCH3 is 2. The van der Waals surface area contributed by atoms with Crippen molar-refractivity contribution in [1.82, 2.24) is 0 Å². The zero-order valence-corrected chi connectivity index (χ0v) is 16.8. The topological polar surface area (TPSA) is 76.1 Å². The Labute approximate surface area is 175 Å². The quantitative estimate of drug-likeness (QED) is 0.575. The third-order valence-corrected chi connectivity index (χ3v) is 4.77. The number of carbonyl (C=O) groups excluding carboxylic acids is 2. The Bertz CT molecular complexity index is 1120. The van der Waals surface area contributed by atoms with Gasteiger partial charge in [0.05, 0.1) is 30.9 Å². The van der Waals surface area contributed by atoms with Gasteiger partial charge in [-0.2, -0.15) is 13.2 Å². The summed E-state index contributed by atoms with van der Waals surface area (Å²) in [6, 6.07) is 8.78. The lowest BCUT2D eigenvalue weighted by Crippen LogP contribution is -2.25. The maximum Gasteiger partial charge on any atom is 0.416 e. The minimum atomic E-state index is -4.60. The van der Waals surface area contributed by atoms with E-state index in [-0.39, 0.29) is 39.6 Å². The van der Waals surface area contributed by atoms with Crippen LogP contribution in [0.4, 0.5) is 18.9 Å². The molecule has 162 valence electrons. The molecule has 3 rings (SSSR count). The minimum absolute atomic E-state index is 0.0583. The van der Waals surface area contributed by atoms with Gasteiger partial charge in [-0.05, 0) is 37.3 Å². The fourth-order valence-electron chi connectivity index (χ4n) is 3.29. The third kappa shape index (κ3) is 3.98. The van der Waals surface area contributed by atoms with Gasteiger partial charge in [0, 0.05) is 16.9 Å². The van der Waals surface area contributed by atoms with Crippen molar-refractivity contribution in [2.24, 2.45) is 0 Å². The highest BCUT2D eigenvalue weighted by Crippen LogP contribution is 2.39. The third-order valence-electron chi connectivity index (χ3n) is 4.77. The van der Waals surface area contributed by atoms with E-state index in [4.69, 9.17) is 9.47 Å². The molecule has 0 saturated heterocycles. The van der Waals surface area contributed by atoms with Crippen LogP contribution in [-0.2, 0) is 20.5 Å². The summed E-state index contributed by atoms with van der Waals surface area (Å²) in [5.74, 6) is -1.69. The maximum atomic E-state index is 13.2. The molecule has 6 nitrogen and oxygen atoms in total. The normalized spacial score (nSPS) is 15.6. The number of amides is 1. The van der Waals surface area contributed by atoms with E-state index < -0.39 is 23.6 Å². The van der Waals surface area contributed by atoms with Crippen molar-refractivity contribution in [2.75, 3.05) is 19.1 Å². The number of phenols is 1. The molecule has 0 aliphatic carbocycles. The summed E-state index contributed by atoms with van der Waals surface area (Å²) in [6.45, 7) is 1.43. The molecule has 0 atom stereocenters. The van der Waals surface area contributed by atoms with Gasteiger partial charge in [0.25, 0.3) is 5.91 Å². The van der Waals surface area contributed by atoms with Crippen LogP contribution in [0.15, 0.2) is 59.3 Å². The van der Waals surface area contributed by atoms with E-state index in [1.165, 1.54) is 44.4 Å². The number of halogens is 3. The van der Waals surface area contributed by atoms with Gasteiger partial charge >= 0.3 is 12.1 Å². The monoisotopic (exact) mass is 433 g/mol. The van der Waals surface area contributed by atoms with Crippen molar-refractivity contribution in [3.63, 3.8) is 0 Å². The average molecular weight is 433 g/mol. The molecular weight excluding hydrogens is 415 g/mol. The van der Waals surface area contributed by atoms with E-state index in [0.29, 0.717) is 0 Å². The average Bonchev–Trinajstić information content (AvgIpc) is 2.98. The smallest absolute Gasteiger partial charge is 0.416 e. The first-order valence-corrected chi connectivity index (χ1v) is 8.99. The highest BCUT2D eigenvalue weighted by atomic mass is 19.4. The molecular formula is C22H18F3NO5. The lowest BCUT2D eigenvalue weighted by atomic mass is 10.0. The summed E-state index contributed by atoms with van der Waals surface area (Å²) in [6.07, 6.45) is -3.34. The summed E-state index contributed by atoms with van der Waals surface area (Å²) in [4.78, 5) is 26.6. The first-order valence-electron chi connectivity index (χ1n) is 8.99. The molecule has 1 N–H and O–H groups in total. The van der Waals surface area contributed by atoms with Gasteiger partial charge in [0.1, 0.15) is 0 Å². The van der Waals surface area contributed by atoms with Crippen molar-refractivity contribution < 1.29 is 37.3 Å². The summed E-state index contributed by atoms with van der Waals surface area (Å²) < 4.78 is 49.3. The fourth-order valence-corrected chi connectivity index (χ4v) is 3.29. The van der Waals surface area contributed by atoms with E-state index in [0.717, 1.165) is 24.1 Å². The molecule has 2 aromatic rings. The molecule has 0 bridgehead atoms. The summed E-state index contributed by atoms with van der Waals surface area (Å²) in [5, 5.41) is 10.3. The summed E-state index contributed by atoms with van der Waals surface area (Å²) in [5.41, 5.74) is -0.963. The lowest BCUT2D eigenvalue weighted by molar-refractivity contribution is -0.137. The molecule has 9 heteroatoms. The largest absolute Gasteiger partial charge is 0.504 e. The van der Waals surface area contributed by atoms with Gasteiger partial charge < -0.3 is 14.6 Å². The number of anilines is 1. The molecule has 1 amide bonds. The van der Waals surface area contributed by atoms with Crippen molar-refractivity contribution in [3.05, 3.63) is 70.4 Å². The second-order valence-electron chi connectivity index (χ2n) is 6.60. The SMILES string of the molecule is COC(=O)C1=C(C)N(c2cccc(C(F)(F)F)c2)C(=O)/C1=C\c1cccc(OC)c1O. The van der Waals surface area contributed by atoms with Crippen LogP contribution in [0.3, 0.4) is 0 Å². The van der Waals surface area contributed by atoms with Crippen LogP contribution < -0.4 is 9.64 Å². The maximum absolute atomic E-state index is 13.2. The van der Waals surface area contributed by atoms with Crippen molar-refractivity contribution in [3.8, 4) is 11.5 Å². The van der Waals surface area contributed by atoms with Crippen LogP contribution in [-0.4, -0.2) is 31.2 Å². The Kier molecular flexibility index (Phi) is 5.79. The molecule has 1 aliphatic rings. The Balaban J connectivity index is 2.18. The number of allylic oxidation sites excluding steroid dienone is 1. The van der Waals surface area contributed by atoms with Crippen LogP contribution in [0.5, 0.6) is 11.5 Å². The molecule has 1 aliphatic heterocycles. The van der Waals surface area contributed by atoms with Crippen LogP contribution in [0.1, 0.15) is 18.1 Å². The van der Waals surface area contributed by atoms with E-state index >= 15 is 0 Å². The molecule has 2 aromatic carbocycles. The highest BCUT2D eigenvalue weighted by molar-refractivity contribution is 6.24. The number of alkyl halides is 3. The highest BCUT2D eigenvalue weighted by Gasteiger charge is 2.39. The Morgan fingerprint density at radius 3 is 2.42 bits per heavy atom. The number of ether oxygens (including phenoxy) is 2. The van der Waals surface area contributed by atoms with Crippen molar-refractivity contribution in [2.45, 2.75) is 13.1 Å².